The predicted molar refractivity (Wildman–Crippen MR) is 102 cm³/mol. The van der Waals surface area contributed by atoms with Gasteiger partial charge in [-0.1, -0.05) is 0 Å². The van der Waals surface area contributed by atoms with Gasteiger partial charge in [-0.05, 0) is 0 Å². The maximum Gasteiger partial charge on any atom is 0.317 e. The maximum atomic E-state index is 10.6. The fourth-order valence-electron chi connectivity index (χ4n) is 2.21. The lowest BCUT2D eigenvalue weighted by molar-refractivity contribution is -0.145. The van der Waals surface area contributed by atoms with Gasteiger partial charge in [0.15, 0.2) is 0 Å². The molecule has 0 saturated carbocycles. The van der Waals surface area contributed by atoms with Gasteiger partial charge in [-0.25, -0.2) is 0 Å². The lowest BCUT2D eigenvalue weighted by Crippen LogP contribution is -2.43. The number of aliphatic carboxylic acids is 6. The summed E-state index contributed by atoms with van der Waals surface area (Å²) in [4.78, 5) is 65.8. The smallest absolute Gasteiger partial charge is 0.317 e. The van der Waals surface area contributed by atoms with E-state index in [4.69, 9.17) is 35.7 Å². The van der Waals surface area contributed by atoms with Gasteiger partial charge < -0.3 is 35.7 Å². The van der Waals surface area contributed by atoms with E-state index in [1.165, 1.54) is 0 Å². The van der Waals surface area contributed by atoms with Crippen molar-refractivity contribution in [3.63, 3.8) is 0 Å². The first kappa shape index (κ1) is 30.9. The van der Waals surface area contributed by atoms with Crippen molar-refractivity contribution in [1.29, 1.82) is 0 Å². The molecule has 0 atom stereocenters. The molecule has 0 heterocycles. The normalized spacial score (nSPS) is 10.5. The van der Waals surface area contributed by atoms with Gasteiger partial charge in [-0.2, -0.15) is 0 Å². The van der Waals surface area contributed by atoms with Crippen LogP contribution in [0.2, 0.25) is 0 Å². The Morgan fingerprint density at radius 2 is 0.594 bits per heavy atom. The second-order valence-corrected chi connectivity index (χ2v) is 6.22. The number of aliphatic hydroxyl groups is 1. The number of nitrogens with zero attached hydrogens (tertiary/aromatic N) is 3. The van der Waals surface area contributed by atoms with Crippen molar-refractivity contribution in [2.24, 2.45) is 0 Å². The van der Waals surface area contributed by atoms with Crippen LogP contribution < -0.4 is 0 Å². The van der Waals surface area contributed by atoms with Crippen molar-refractivity contribution in [3.8, 4) is 0 Å². The van der Waals surface area contributed by atoms with Gasteiger partial charge >= 0.3 is 35.8 Å². The van der Waals surface area contributed by atoms with Gasteiger partial charge in [-0.15, -0.1) is 0 Å². The van der Waals surface area contributed by atoms with Crippen LogP contribution in [-0.2, 0) is 28.8 Å². The van der Waals surface area contributed by atoms with E-state index in [-0.39, 0.29) is 39.3 Å². The number of hydrogen-bond acceptors (Lipinski definition) is 10. The molecule has 16 nitrogen and oxygen atoms in total. The van der Waals surface area contributed by atoms with E-state index >= 15 is 0 Å². The molecule has 0 bridgehead atoms. The zero-order valence-corrected chi connectivity index (χ0v) is 17.0. The van der Waals surface area contributed by atoms with Crippen molar-refractivity contribution in [2.75, 3.05) is 65.5 Å². The van der Waals surface area contributed by atoms with Gasteiger partial charge in [0, 0.05) is 19.6 Å². The third-order valence-corrected chi connectivity index (χ3v) is 3.30. The molecular formula is C16H27N3O13. The van der Waals surface area contributed by atoms with Crippen molar-refractivity contribution in [1.82, 2.24) is 14.7 Å². The average Bonchev–Trinajstić information content (AvgIpc) is 2.57. The van der Waals surface area contributed by atoms with Gasteiger partial charge in [0.1, 0.15) is 0 Å². The molecule has 0 spiro atoms. The van der Waals surface area contributed by atoms with Crippen molar-refractivity contribution in [3.05, 3.63) is 0 Å². The lowest BCUT2D eigenvalue weighted by Gasteiger charge is -2.23. The molecule has 0 aromatic rings. The molecule has 0 radical (unpaired) electrons. The van der Waals surface area contributed by atoms with E-state index in [0.717, 1.165) is 14.7 Å². The van der Waals surface area contributed by atoms with Gasteiger partial charge in [0.2, 0.25) is 0 Å². The van der Waals surface area contributed by atoms with Gasteiger partial charge in [-0.3, -0.25) is 43.5 Å². The highest BCUT2D eigenvalue weighted by atomic mass is 16.4. The molecule has 0 aliphatic heterocycles. The SMILES string of the molecule is O=C(O)CN(CCN(CC(=O)O)CC(=O)O)CC(=O)O.O=C(O)CN(CCO)CC(=O)O. The molecule has 0 aromatic heterocycles. The molecule has 0 amide bonds. The molecule has 0 aliphatic carbocycles. The quantitative estimate of drug-likeness (QED) is 0.108. The summed E-state index contributed by atoms with van der Waals surface area (Å²) < 4.78 is 0. The van der Waals surface area contributed by atoms with Crippen LogP contribution in [0.3, 0.4) is 0 Å². The molecule has 16 heteroatoms. The minimum atomic E-state index is -1.23. The Morgan fingerprint density at radius 1 is 0.406 bits per heavy atom. The maximum absolute atomic E-state index is 10.6. The third kappa shape index (κ3) is 21.4. The summed E-state index contributed by atoms with van der Waals surface area (Å²) in [5, 5.41) is 59.5. The molecule has 32 heavy (non-hydrogen) atoms. The summed E-state index contributed by atoms with van der Waals surface area (Å²) in [7, 11) is 0. The summed E-state index contributed by atoms with van der Waals surface area (Å²) >= 11 is 0. The van der Waals surface area contributed by atoms with E-state index in [9.17, 15) is 28.8 Å². The van der Waals surface area contributed by atoms with E-state index in [0.29, 0.717) is 0 Å². The van der Waals surface area contributed by atoms with E-state index in [1.54, 1.807) is 0 Å². The Kier molecular flexibility index (Phi) is 16.7. The zero-order valence-electron chi connectivity index (χ0n) is 17.0. The number of aliphatic hydroxyl groups excluding tert-OH is 1. The van der Waals surface area contributed by atoms with Crippen LogP contribution in [0.5, 0.6) is 0 Å². The molecule has 7 N–H and O–H groups in total. The summed E-state index contributed by atoms with van der Waals surface area (Å²) in [6, 6.07) is 0. The number of rotatable bonds is 17. The molecule has 0 rings (SSSR count). The molecule has 0 unspecified atom stereocenters. The highest BCUT2D eigenvalue weighted by molar-refractivity contribution is 5.73. The van der Waals surface area contributed by atoms with Crippen molar-refractivity contribution >= 4 is 35.8 Å². The van der Waals surface area contributed by atoms with Crippen molar-refractivity contribution < 1.29 is 64.5 Å². The second-order valence-electron chi connectivity index (χ2n) is 6.22. The van der Waals surface area contributed by atoms with Gasteiger partial charge in [0.25, 0.3) is 0 Å². The van der Waals surface area contributed by atoms with E-state index in [2.05, 4.69) is 0 Å². The highest BCUT2D eigenvalue weighted by Crippen LogP contribution is 1.94. The fraction of sp³-hybridized carbons (Fsp3) is 0.625. The van der Waals surface area contributed by atoms with Crippen LogP contribution >= 0.6 is 0 Å². The predicted octanol–water partition coefficient (Wildman–Crippen LogP) is -3.62. The molecule has 0 fully saturated rings. The van der Waals surface area contributed by atoms with Crippen LogP contribution in [0.25, 0.3) is 0 Å². The average molecular weight is 469 g/mol. The zero-order chi connectivity index (χ0) is 25.3. The Balaban J connectivity index is 0. The standard InChI is InChI=1S/C10H16N2O8.C6H11NO5/c13-7(14)3-11(4-8(15)16)1-2-12(5-9(17)18)6-10(19)20;8-2-1-7(3-5(9)10)4-6(11)12/h1-6H2,(H,13,14)(H,15,16)(H,17,18)(H,19,20);8H,1-4H2,(H,9,10)(H,11,12). The molecule has 0 aromatic carbocycles. The Hall–Kier alpha value is -3.34. The third-order valence-electron chi connectivity index (χ3n) is 3.30. The van der Waals surface area contributed by atoms with Gasteiger partial charge in [0.05, 0.1) is 45.9 Å². The molecule has 184 valence electrons. The van der Waals surface area contributed by atoms with Crippen LogP contribution in [0, 0.1) is 0 Å². The number of carboxylic acids is 6. The van der Waals surface area contributed by atoms with E-state index < -0.39 is 62.0 Å². The fourth-order valence-corrected chi connectivity index (χ4v) is 2.21. The Morgan fingerprint density at radius 3 is 0.750 bits per heavy atom. The first-order chi connectivity index (χ1) is 14.8. The number of carbonyl (C=O) groups is 6. The molecule has 0 saturated heterocycles. The molecule has 0 aliphatic rings. The number of hydrogen-bond donors (Lipinski definition) is 7. The van der Waals surface area contributed by atoms with Crippen molar-refractivity contribution in [2.45, 2.75) is 0 Å². The largest absolute Gasteiger partial charge is 0.480 e. The summed E-state index contributed by atoms with van der Waals surface area (Å²) in [6.07, 6.45) is 0. The van der Waals surface area contributed by atoms with Crippen LogP contribution in [0.4, 0.5) is 0 Å². The lowest BCUT2D eigenvalue weighted by atomic mass is 10.4. The minimum absolute atomic E-state index is 0.0542. The summed E-state index contributed by atoms with van der Waals surface area (Å²) in [6.45, 7) is -3.18. The monoisotopic (exact) mass is 469 g/mol. The van der Waals surface area contributed by atoms with E-state index in [1.807, 2.05) is 0 Å². The summed E-state index contributed by atoms with van der Waals surface area (Å²) in [5.41, 5.74) is 0. The first-order valence-electron chi connectivity index (χ1n) is 8.85. The van der Waals surface area contributed by atoms with Crippen LogP contribution in [0.1, 0.15) is 0 Å². The number of carboxylic acid groups (broad SMARTS) is 6. The van der Waals surface area contributed by atoms with Crippen LogP contribution in [0.15, 0.2) is 0 Å². The Bertz CT molecular complexity index is 571. The Labute approximate surface area is 181 Å². The summed E-state index contributed by atoms with van der Waals surface area (Å²) in [5.74, 6) is -7.12. The minimum Gasteiger partial charge on any atom is -0.480 e. The molecular weight excluding hydrogens is 442 g/mol. The topological polar surface area (TPSA) is 254 Å². The second kappa shape index (κ2) is 17.4. The van der Waals surface area contributed by atoms with Crippen LogP contribution in [-0.4, -0.2) is 152 Å². The highest BCUT2D eigenvalue weighted by Gasteiger charge is 2.18. The first-order valence-corrected chi connectivity index (χ1v) is 8.85.